The topological polar surface area (TPSA) is 21.3 Å². The molecular weight excluding hydrogens is 194 g/mol. The highest BCUT2D eigenvalue weighted by molar-refractivity contribution is 7.07. The van der Waals surface area contributed by atoms with Crippen LogP contribution < -0.4 is 5.32 Å². The molecule has 0 radical (unpaired) electrons. The zero-order valence-electron chi connectivity index (χ0n) is 9.12. The van der Waals surface area contributed by atoms with Crippen LogP contribution in [-0.2, 0) is 4.74 Å². The molecule has 0 aliphatic carbocycles. The van der Waals surface area contributed by atoms with Gasteiger partial charge in [0.1, 0.15) is 0 Å². The van der Waals surface area contributed by atoms with E-state index in [0.717, 1.165) is 13.2 Å². The highest BCUT2D eigenvalue weighted by Gasteiger charge is 2.11. The predicted octanol–water partition coefficient (Wildman–Crippen LogP) is 2.82. The van der Waals surface area contributed by atoms with Crippen LogP contribution in [0.15, 0.2) is 16.8 Å². The van der Waals surface area contributed by atoms with E-state index in [4.69, 9.17) is 4.74 Å². The number of hydrogen-bond acceptors (Lipinski definition) is 3. The number of ether oxygens (including phenoxy) is 1. The lowest BCUT2D eigenvalue weighted by atomic mass is 10.1. The highest BCUT2D eigenvalue weighted by atomic mass is 32.1. The third-order valence-corrected chi connectivity index (χ3v) is 2.69. The van der Waals surface area contributed by atoms with Crippen LogP contribution in [0.4, 0.5) is 0 Å². The first-order valence-electron chi connectivity index (χ1n) is 5.11. The second-order valence-corrected chi connectivity index (χ2v) is 4.33. The van der Waals surface area contributed by atoms with Crippen LogP contribution in [0.25, 0.3) is 0 Å². The van der Waals surface area contributed by atoms with Crippen molar-refractivity contribution in [2.75, 3.05) is 13.2 Å². The fraction of sp³-hybridized carbons (Fsp3) is 0.636. The summed E-state index contributed by atoms with van der Waals surface area (Å²) in [5.74, 6) is 0. The molecule has 14 heavy (non-hydrogen) atoms. The molecule has 0 saturated carbocycles. The van der Waals surface area contributed by atoms with Gasteiger partial charge in [-0.2, -0.15) is 11.3 Å². The summed E-state index contributed by atoms with van der Waals surface area (Å²) in [4.78, 5) is 0. The number of hydrogen-bond donors (Lipinski definition) is 1. The Hall–Kier alpha value is -0.380. The Morgan fingerprint density at radius 2 is 2.29 bits per heavy atom. The van der Waals surface area contributed by atoms with E-state index >= 15 is 0 Å². The van der Waals surface area contributed by atoms with Crippen LogP contribution in [0.1, 0.15) is 32.4 Å². The summed E-state index contributed by atoms with van der Waals surface area (Å²) in [7, 11) is 0. The number of thiophene rings is 1. The van der Waals surface area contributed by atoms with Crippen molar-refractivity contribution in [1.82, 2.24) is 5.32 Å². The van der Waals surface area contributed by atoms with Crippen LogP contribution in [0.5, 0.6) is 0 Å². The largest absolute Gasteiger partial charge is 0.377 e. The SMILES string of the molecule is CCNC(COC(C)C)c1ccsc1. The van der Waals surface area contributed by atoms with Gasteiger partial charge in [0.2, 0.25) is 0 Å². The molecule has 1 heterocycles. The van der Waals surface area contributed by atoms with E-state index in [1.165, 1.54) is 5.56 Å². The average Bonchev–Trinajstić information content (AvgIpc) is 2.64. The van der Waals surface area contributed by atoms with Crippen molar-refractivity contribution in [1.29, 1.82) is 0 Å². The van der Waals surface area contributed by atoms with E-state index < -0.39 is 0 Å². The first kappa shape index (κ1) is 11.7. The summed E-state index contributed by atoms with van der Waals surface area (Å²) in [6, 6.07) is 2.50. The summed E-state index contributed by atoms with van der Waals surface area (Å²) in [5.41, 5.74) is 1.33. The lowest BCUT2D eigenvalue weighted by Gasteiger charge is -2.18. The van der Waals surface area contributed by atoms with Crippen molar-refractivity contribution in [3.8, 4) is 0 Å². The van der Waals surface area contributed by atoms with Gasteiger partial charge in [0, 0.05) is 0 Å². The van der Waals surface area contributed by atoms with Gasteiger partial charge < -0.3 is 10.1 Å². The molecule has 0 bridgehead atoms. The van der Waals surface area contributed by atoms with Gasteiger partial charge in [-0.25, -0.2) is 0 Å². The molecule has 1 N–H and O–H groups in total. The predicted molar refractivity (Wildman–Crippen MR) is 61.8 cm³/mol. The van der Waals surface area contributed by atoms with Gasteiger partial charge in [-0.05, 0) is 42.8 Å². The lowest BCUT2D eigenvalue weighted by Crippen LogP contribution is -2.26. The second-order valence-electron chi connectivity index (χ2n) is 3.55. The van der Waals surface area contributed by atoms with Crippen LogP contribution in [0, 0.1) is 0 Å². The van der Waals surface area contributed by atoms with Gasteiger partial charge in [-0.3, -0.25) is 0 Å². The molecule has 0 fully saturated rings. The van der Waals surface area contributed by atoms with Gasteiger partial charge in [-0.1, -0.05) is 6.92 Å². The molecule has 1 unspecified atom stereocenters. The van der Waals surface area contributed by atoms with Crippen LogP contribution >= 0.6 is 11.3 Å². The van der Waals surface area contributed by atoms with E-state index in [9.17, 15) is 0 Å². The summed E-state index contributed by atoms with van der Waals surface area (Å²) >= 11 is 1.73. The van der Waals surface area contributed by atoms with Crippen molar-refractivity contribution in [2.24, 2.45) is 0 Å². The van der Waals surface area contributed by atoms with Crippen LogP contribution in [-0.4, -0.2) is 19.3 Å². The molecule has 0 aromatic carbocycles. The van der Waals surface area contributed by atoms with Crippen molar-refractivity contribution in [2.45, 2.75) is 32.9 Å². The molecule has 0 spiro atoms. The standard InChI is InChI=1S/C11H19NOS/c1-4-12-11(7-13-9(2)3)10-5-6-14-8-10/h5-6,8-9,11-12H,4,7H2,1-3H3. The zero-order valence-corrected chi connectivity index (χ0v) is 9.93. The van der Waals surface area contributed by atoms with Gasteiger partial charge >= 0.3 is 0 Å². The quantitative estimate of drug-likeness (QED) is 0.784. The minimum atomic E-state index is 0.301. The second kappa shape index (κ2) is 6.17. The zero-order chi connectivity index (χ0) is 10.4. The van der Waals surface area contributed by atoms with E-state index in [0.29, 0.717) is 12.1 Å². The molecule has 80 valence electrons. The fourth-order valence-corrected chi connectivity index (χ4v) is 2.00. The first-order valence-corrected chi connectivity index (χ1v) is 6.05. The van der Waals surface area contributed by atoms with E-state index in [-0.39, 0.29) is 0 Å². The molecule has 1 aromatic heterocycles. The third kappa shape index (κ3) is 3.78. The summed E-state index contributed by atoms with van der Waals surface area (Å²) in [6.07, 6.45) is 0.301. The molecule has 1 atom stereocenters. The minimum Gasteiger partial charge on any atom is -0.377 e. The van der Waals surface area contributed by atoms with E-state index in [2.05, 4.69) is 42.9 Å². The molecular formula is C11H19NOS. The van der Waals surface area contributed by atoms with Gasteiger partial charge in [0.15, 0.2) is 0 Å². The minimum absolute atomic E-state index is 0.301. The van der Waals surface area contributed by atoms with Crippen molar-refractivity contribution >= 4 is 11.3 Å². The average molecular weight is 213 g/mol. The maximum absolute atomic E-state index is 5.62. The van der Waals surface area contributed by atoms with Gasteiger partial charge in [0.05, 0.1) is 18.8 Å². The Morgan fingerprint density at radius 1 is 1.50 bits per heavy atom. The van der Waals surface area contributed by atoms with Crippen molar-refractivity contribution in [3.05, 3.63) is 22.4 Å². The van der Waals surface area contributed by atoms with Gasteiger partial charge in [-0.15, -0.1) is 0 Å². The Bertz CT molecular complexity index is 233. The Balaban J connectivity index is 2.47. The van der Waals surface area contributed by atoms with Crippen molar-refractivity contribution < 1.29 is 4.74 Å². The third-order valence-electron chi connectivity index (χ3n) is 1.99. The normalized spacial score (nSPS) is 13.4. The summed E-state index contributed by atoms with van der Waals surface area (Å²) in [6.45, 7) is 7.98. The molecule has 0 aliphatic rings. The maximum atomic E-state index is 5.62. The monoisotopic (exact) mass is 213 g/mol. The Morgan fingerprint density at radius 3 is 2.79 bits per heavy atom. The number of likely N-dealkylation sites (N-methyl/N-ethyl adjacent to an activating group) is 1. The molecule has 1 aromatic rings. The molecule has 0 amide bonds. The molecule has 0 saturated heterocycles. The summed E-state index contributed by atoms with van der Waals surface area (Å²) in [5, 5.41) is 7.71. The van der Waals surface area contributed by atoms with E-state index in [1.807, 2.05) is 0 Å². The van der Waals surface area contributed by atoms with E-state index in [1.54, 1.807) is 11.3 Å². The summed E-state index contributed by atoms with van der Waals surface area (Å²) < 4.78 is 5.62. The highest BCUT2D eigenvalue weighted by Crippen LogP contribution is 2.17. The number of rotatable bonds is 6. The smallest absolute Gasteiger partial charge is 0.0665 e. The maximum Gasteiger partial charge on any atom is 0.0665 e. The number of nitrogens with one attached hydrogen (secondary N) is 1. The van der Waals surface area contributed by atoms with Crippen LogP contribution in [0.3, 0.4) is 0 Å². The Kier molecular flexibility index (Phi) is 5.15. The van der Waals surface area contributed by atoms with Crippen LogP contribution in [0.2, 0.25) is 0 Å². The first-order chi connectivity index (χ1) is 6.74. The fourth-order valence-electron chi connectivity index (χ4n) is 1.28. The lowest BCUT2D eigenvalue weighted by molar-refractivity contribution is 0.0615. The van der Waals surface area contributed by atoms with Crippen molar-refractivity contribution in [3.63, 3.8) is 0 Å². The molecule has 2 nitrogen and oxygen atoms in total. The Labute approximate surface area is 90.3 Å². The molecule has 3 heteroatoms. The molecule has 0 aliphatic heterocycles. The van der Waals surface area contributed by atoms with Gasteiger partial charge in [0.25, 0.3) is 0 Å². The molecule has 1 rings (SSSR count).